The first-order valence-corrected chi connectivity index (χ1v) is 8.13. The van der Waals surface area contributed by atoms with Gasteiger partial charge >= 0.3 is 5.97 Å². The molecule has 0 saturated carbocycles. The predicted molar refractivity (Wildman–Crippen MR) is 94.0 cm³/mol. The summed E-state index contributed by atoms with van der Waals surface area (Å²) in [5, 5.41) is 2.35. The first-order valence-electron chi connectivity index (χ1n) is 8.13. The van der Waals surface area contributed by atoms with Crippen LogP contribution in [0.2, 0.25) is 0 Å². The topological polar surface area (TPSA) is 73.9 Å². The third kappa shape index (κ3) is 5.16. The van der Waals surface area contributed by atoms with E-state index in [4.69, 9.17) is 14.2 Å². The predicted octanol–water partition coefficient (Wildman–Crippen LogP) is 3.56. The van der Waals surface area contributed by atoms with Crippen LogP contribution in [-0.2, 0) is 9.53 Å². The van der Waals surface area contributed by atoms with Crippen LogP contribution in [0.4, 0.5) is 14.5 Å². The molecule has 144 valence electrons. The number of amides is 1. The van der Waals surface area contributed by atoms with E-state index in [2.05, 4.69) is 5.32 Å². The molecule has 0 bridgehead atoms. The fourth-order valence-corrected chi connectivity index (χ4v) is 2.17. The van der Waals surface area contributed by atoms with Gasteiger partial charge in [0.25, 0.3) is 5.91 Å². The van der Waals surface area contributed by atoms with Crippen molar-refractivity contribution in [1.29, 1.82) is 0 Å². The van der Waals surface area contributed by atoms with Crippen LogP contribution in [0.25, 0.3) is 0 Å². The van der Waals surface area contributed by atoms with Crippen LogP contribution >= 0.6 is 0 Å². The van der Waals surface area contributed by atoms with Gasteiger partial charge in [-0.3, -0.25) is 4.79 Å². The molecule has 0 heterocycles. The van der Waals surface area contributed by atoms with Crippen molar-refractivity contribution in [2.24, 2.45) is 0 Å². The van der Waals surface area contributed by atoms with Crippen LogP contribution in [0.3, 0.4) is 0 Å². The van der Waals surface area contributed by atoms with Gasteiger partial charge in [-0.05, 0) is 44.2 Å². The highest BCUT2D eigenvalue weighted by Crippen LogP contribution is 2.28. The van der Waals surface area contributed by atoms with E-state index in [1.807, 2.05) is 6.92 Å². The summed E-state index contributed by atoms with van der Waals surface area (Å²) in [6.45, 7) is 3.61. The van der Waals surface area contributed by atoms with Crippen molar-refractivity contribution < 1.29 is 32.6 Å². The summed E-state index contributed by atoms with van der Waals surface area (Å²) in [6, 6.07) is 7.39. The molecule has 2 aromatic rings. The lowest BCUT2D eigenvalue weighted by Gasteiger charge is -2.15. The number of nitrogens with one attached hydrogen (secondary N) is 1. The van der Waals surface area contributed by atoms with Gasteiger partial charge in [0.2, 0.25) is 0 Å². The number of benzene rings is 2. The van der Waals surface area contributed by atoms with Gasteiger partial charge in [0.15, 0.2) is 29.2 Å². The van der Waals surface area contributed by atoms with E-state index >= 15 is 0 Å². The third-order valence-corrected chi connectivity index (χ3v) is 3.54. The smallest absolute Gasteiger partial charge is 0.339 e. The molecular weight excluding hydrogens is 360 g/mol. The SMILES string of the molecule is CCOc1ccc(C(=O)O[C@@H](C)C(=O)Nc2ccc(F)c(F)c2)cc1OC. The minimum atomic E-state index is -1.16. The van der Waals surface area contributed by atoms with Crippen molar-refractivity contribution in [3.8, 4) is 11.5 Å². The van der Waals surface area contributed by atoms with Gasteiger partial charge < -0.3 is 19.5 Å². The Balaban J connectivity index is 2.03. The zero-order valence-corrected chi connectivity index (χ0v) is 15.0. The summed E-state index contributed by atoms with van der Waals surface area (Å²) in [4.78, 5) is 24.3. The Kier molecular flexibility index (Phi) is 6.70. The van der Waals surface area contributed by atoms with Crippen LogP contribution in [0.5, 0.6) is 11.5 Å². The molecule has 0 fully saturated rings. The van der Waals surface area contributed by atoms with Crippen molar-refractivity contribution >= 4 is 17.6 Å². The summed E-state index contributed by atoms with van der Waals surface area (Å²) < 4.78 is 41.7. The standard InChI is InChI=1S/C19H19F2NO5/c1-4-26-16-8-5-12(9-17(16)25-3)19(24)27-11(2)18(23)22-13-6-7-14(20)15(21)10-13/h5-11H,4H2,1-3H3,(H,22,23)/t11-/m0/s1. The van der Waals surface area contributed by atoms with Gasteiger partial charge in [-0.2, -0.15) is 0 Å². The molecule has 0 aliphatic heterocycles. The lowest BCUT2D eigenvalue weighted by atomic mass is 10.2. The summed E-state index contributed by atoms with van der Waals surface area (Å²) >= 11 is 0. The average Bonchev–Trinajstić information content (AvgIpc) is 2.65. The highest BCUT2D eigenvalue weighted by Gasteiger charge is 2.20. The number of rotatable bonds is 7. The molecule has 0 aliphatic carbocycles. The molecule has 0 unspecified atom stereocenters. The van der Waals surface area contributed by atoms with Gasteiger partial charge in [-0.15, -0.1) is 0 Å². The van der Waals surface area contributed by atoms with E-state index in [1.165, 1.54) is 32.2 Å². The second kappa shape index (κ2) is 8.98. The van der Waals surface area contributed by atoms with Crippen LogP contribution < -0.4 is 14.8 Å². The molecule has 8 heteroatoms. The number of methoxy groups -OCH3 is 1. The van der Waals surface area contributed by atoms with E-state index in [9.17, 15) is 18.4 Å². The molecule has 6 nitrogen and oxygen atoms in total. The summed E-state index contributed by atoms with van der Waals surface area (Å²) in [5.74, 6) is -2.74. The van der Waals surface area contributed by atoms with Crippen LogP contribution in [0.15, 0.2) is 36.4 Å². The maximum Gasteiger partial charge on any atom is 0.339 e. The zero-order chi connectivity index (χ0) is 20.0. The number of hydrogen-bond donors (Lipinski definition) is 1. The maximum atomic E-state index is 13.2. The maximum absolute atomic E-state index is 13.2. The monoisotopic (exact) mass is 379 g/mol. The molecule has 2 aromatic carbocycles. The Morgan fingerprint density at radius 1 is 1.07 bits per heavy atom. The minimum absolute atomic E-state index is 0.0459. The van der Waals surface area contributed by atoms with Crippen molar-refractivity contribution in [3.63, 3.8) is 0 Å². The Labute approximate surface area is 155 Å². The van der Waals surface area contributed by atoms with Crippen molar-refractivity contribution in [2.75, 3.05) is 19.0 Å². The molecule has 0 radical (unpaired) electrons. The van der Waals surface area contributed by atoms with E-state index in [0.717, 1.165) is 12.1 Å². The van der Waals surface area contributed by atoms with Crippen LogP contribution in [-0.4, -0.2) is 31.7 Å². The Hall–Kier alpha value is -3.16. The third-order valence-electron chi connectivity index (χ3n) is 3.54. The van der Waals surface area contributed by atoms with Crippen molar-refractivity contribution in [1.82, 2.24) is 0 Å². The molecule has 0 aliphatic rings. The fourth-order valence-electron chi connectivity index (χ4n) is 2.17. The molecular formula is C19H19F2NO5. The number of halogens is 2. The van der Waals surface area contributed by atoms with Crippen LogP contribution in [0.1, 0.15) is 24.2 Å². The molecule has 27 heavy (non-hydrogen) atoms. The molecule has 0 spiro atoms. The lowest BCUT2D eigenvalue weighted by Crippen LogP contribution is -2.30. The van der Waals surface area contributed by atoms with Crippen LogP contribution in [0, 0.1) is 11.6 Å². The number of carbonyl (C=O) groups is 2. The van der Waals surface area contributed by atoms with Crippen molar-refractivity contribution in [3.05, 3.63) is 53.6 Å². The highest BCUT2D eigenvalue weighted by atomic mass is 19.2. The highest BCUT2D eigenvalue weighted by molar-refractivity contribution is 5.97. The van der Waals surface area contributed by atoms with E-state index in [1.54, 1.807) is 6.07 Å². The molecule has 1 atom stereocenters. The normalized spacial score (nSPS) is 11.4. The quantitative estimate of drug-likeness (QED) is 0.745. The lowest BCUT2D eigenvalue weighted by molar-refractivity contribution is -0.123. The molecule has 1 N–H and O–H groups in total. The van der Waals surface area contributed by atoms with Gasteiger partial charge in [0.05, 0.1) is 19.3 Å². The van der Waals surface area contributed by atoms with Gasteiger partial charge in [0.1, 0.15) is 0 Å². The molecule has 2 rings (SSSR count). The second-order valence-corrected chi connectivity index (χ2v) is 5.46. The Morgan fingerprint density at radius 2 is 1.81 bits per heavy atom. The van der Waals surface area contributed by atoms with Gasteiger partial charge in [-0.25, -0.2) is 13.6 Å². The largest absolute Gasteiger partial charge is 0.493 e. The Bertz CT molecular complexity index is 841. The van der Waals surface area contributed by atoms with E-state index in [-0.39, 0.29) is 11.3 Å². The van der Waals surface area contributed by atoms with Gasteiger partial charge in [-0.1, -0.05) is 0 Å². The number of esters is 1. The Morgan fingerprint density at radius 3 is 2.44 bits per heavy atom. The fraction of sp³-hybridized carbons (Fsp3) is 0.263. The molecule has 1 amide bonds. The molecule has 0 saturated heterocycles. The summed E-state index contributed by atoms with van der Waals surface area (Å²) in [6.07, 6.45) is -1.16. The first-order chi connectivity index (χ1) is 12.8. The number of carbonyl (C=O) groups excluding carboxylic acids is 2. The zero-order valence-electron chi connectivity index (χ0n) is 15.0. The number of hydrogen-bond acceptors (Lipinski definition) is 5. The van der Waals surface area contributed by atoms with E-state index in [0.29, 0.717) is 18.1 Å². The number of ether oxygens (including phenoxy) is 3. The second-order valence-electron chi connectivity index (χ2n) is 5.46. The van der Waals surface area contributed by atoms with Crippen molar-refractivity contribution in [2.45, 2.75) is 20.0 Å². The average molecular weight is 379 g/mol. The minimum Gasteiger partial charge on any atom is -0.493 e. The van der Waals surface area contributed by atoms with Gasteiger partial charge in [0, 0.05) is 11.8 Å². The number of anilines is 1. The summed E-state index contributed by atoms with van der Waals surface area (Å²) in [5.41, 5.74) is 0.215. The molecule has 0 aromatic heterocycles. The first kappa shape index (κ1) is 20.2. The van der Waals surface area contributed by atoms with E-state index < -0.39 is 29.6 Å². The summed E-state index contributed by atoms with van der Waals surface area (Å²) in [7, 11) is 1.44.